The number of para-hydroxylation sites is 1. The Kier molecular flexibility index (Phi) is 5.14. The Morgan fingerprint density at radius 2 is 1.91 bits per heavy atom. The number of carbonyl (C=O) groups is 1. The quantitative estimate of drug-likeness (QED) is 0.505. The lowest BCUT2D eigenvalue weighted by molar-refractivity contribution is -0.385. The second-order valence-electron chi connectivity index (χ2n) is 4.26. The molecule has 22 heavy (non-hydrogen) atoms. The van der Waals surface area contributed by atoms with E-state index in [1.807, 2.05) is 0 Å². The van der Waals surface area contributed by atoms with E-state index >= 15 is 0 Å². The summed E-state index contributed by atoms with van der Waals surface area (Å²) in [6.45, 7) is 0. The third-order valence-electron chi connectivity index (χ3n) is 2.73. The van der Waals surface area contributed by atoms with Gasteiger partial charge >= 0.3 is 0 Å². The molecule has 0 aliphatic rings. The first-order chi connectivity index (χ1) is 10.5. The van der Waals surface area contributed by atoms with E-state index in [9.17, 15) is 14.9 Å². The first-order valence-electron chi connectivity index (χ1n) is 6.15. The molecule has 0 aliphatic carbocycles. The summed E-state index contributed by atoms with van der Waals surface area (Å²) in [5.41, 5.74) is 0.624. The zero-order valence-corrected chi connectivity index (χ0v) is 12.6. The maximum atomic E-state index is 11.9. The van der Waals surface area contributed by atoms with Gasteiger partial charge in [-0.3, -0.25) is 14.9 Å². The van der Waals surface area contributed by atoms with E-state index < -0.39 is 10.8 Å². The highest BCUT2D eigenvalue weighted by atomic mass is 35.5. The highest BCUT2D eigenvalue weighted by Crippen LogP contribution is 2.25. The van der Waals surface area contributed by atoms with Crippen LogP contribution in [-0.2, 0) is 4.79 Å². The molecule has 0 spiro atoms. The number of anilines is 1. The minimum absolute atomic E-state index is 0.0765. The molecule has 2 aromatic rings. The maximum absolute atomic E-state index is 11.9. The number of rotatable bonds is 4. The van der Waals surface area contributed by atoms with E-state index in [1.54, 1.807) is 30.3 Å². The van der Waals surface area contributed by atoms with Gasteiger partial charge in [0.1, 0.15) is 0 Å². The van der Waals surface area contributed by atoms with Crippen molar-refractivity contribution < 1.29 is 9.72 Å². The number of nitrogens with one attached hydrogen (secondary N) is 1. The van der Waals surface area contributed by atoms with Gasteiger partial charge in [0.05, 0.1) is 21.2 Å². The van der Waals surface area contributed by atoms with Crippen molar-refractivity contribution in [2.24, 2.45) is 0 Å². The normalized spacial score (nSPS) is 10.6. The molecule has 0 aliphatic heterocycles. The molecule has 0 heterocycles. The number of hydrogen-bond donors (Lipinski definition) is 1. The Bertz CT molecular complexity index is 760. The fourth-order valence-electron chi connectivity index (χ4n) is 1.73. The summed E-state index contributed by atoms with van der Waals surface area (Å²) < 4.78 is 0. The van der Waals surface area contributed by atoms with E-state index in [1.165, 1.54) is 24.3 Å². The first kappa shape index (κ1) is 16.0. The second-order valence-corrected chi connectivity index (χ2v) is 5.11. The van der Waals surface area contributed by atoms with Gasteiger partial charge in [-0.2, -0.15) is 0 Å². The third-order valence-corrected chi connectivity index (χ3v) is 3.30. The van der Waals surface area contributed by atoms with Crippen LogP contribution >= 0.6 is 23.2 Å². The van der Waals surface area contributed by atoms with E-state index in [0.717, 1.165) is 0 Å². The van der Waals surface area contributed by atoms with Gasteiger partial charge < -0.3 is 5.32 Å². The molecule has 0 saturated heterocycles. The predicted octanol–water partition coefficient (Wildman–Crippen LogP) is 4.55. The smallest absolute Gasteiger partial charge is 0.276 e. The zero-order chi connectivity index (χ0) is 16.1. The van der Waals surface area contributed by atoms with Crippen molar-refractivity contribution in [2.75, 3.05) is 5.32 Å². The minimum Gasteiger partial charge on any atom is -0.321 e. The number of halogens is 2. The standard InChI is InChI=1S/C15H10Cl2N2O3/c16-11-6-7-12(17)13(9-11)18-15(20)8-5-10-3-1-2-4-14(10)19(21)22/h1-9H,(H,18,20)/b8-5+. The molecule has 0 fully saturated rings. The van der Waals surface area contributed by atoms with Crippen LogP contribution in [0.2, 0.25) is 10.0 Å². The molecule has 0 aromatic heterocycles. The fourth-order valence-corrected chi connectivity index (χ4v) is 2.06. The van der Waals surface area contributed by atoms with Crippen LogP contribution in [0, 0.1) is 10.1 Å². The Morgan fingerprint density at radius 1 is 1.18 bits per heavy atom. The number of nitro benzene ring substituents is 1. The Balaban J connectivity index is 2.15. The Morgan fingerprint density at radius 3 is 2.64 bits per heavy atom. The van der Waals surface area contributed by atoms with Crippen LogP contribution in [0.5, 0.6) is 0 Å². The van der Waals surface area contributed by atoms with Crippen LogP contribution in [0.4, 0.5) is 11.4 Å². The van der Waals surface area contributed by atoms with Gasteiger partial charge in [0.15, 0.2) is 0 Å². The van der Waals surface area contributed by atoms with Crippen LogP contribution in [0.3, 0.4) is 0 Å². The van der Waals surface area contributed by atoms with Gasteiger partial charge in [-0.25, -0.2) is 0 Å². The van der Waals surface area contributed by atoms with E-state index in [4.69, 9.17) is 23.2 Å². The Labute approximate surface area is 136 Å². The molecule has 112 valence electrons. The van der Waals surface area contributed by atoms with Crippen LogP contribution in [0.1, 0.15) is 5.56 Å². The van der Waals surface area contributed by atoms with Crippen molar-refractivity contribution in [3.63, 3.8) is 0 Å². The molecule has 0 atom stereocenters. The zero-order valence-electron chi connectivity index (χ0n) is 11.1. The number of nitro groups is 1. The highest BCUT2D eigenvalue weighted by molar-refractivity contribution is 6.35. The Hall–Kier alpha value is -2.37. The van der Waals surface area contributed by atoms with Crippen molar-refractivity contribution in [1.29, 1.82) is 0 Å². The highest BCUT2D eigenvalue weighted by Gasteiger charge is 2.10. The summed E-state index contributed by atoms with van der Waals surface area (Å²) in [6, 6.07) is 10.8. The molecular weight excluding hydrogens is 327 g/mol. The molecule has 1 N–H and O–H groups in total. The lowest BCUT2D eigenvalue weighted by atomic mass is 10.1. The van der Waals surface area contributed by atoms with Crippen LogP contribution in [0.25, 0.3) is 6.08 Å². The minimum atomic E-state index is -0.509. The van der Waals surface area contributed by atoms with Crippen molar-refractivity contribution >= 4 is 46.6 Å². The number of amides is 1. The summed E-state index contributed by atoms with van der Waals surface area (Å²) in [5, 5.41) is 14.2. The SMILES string of the molecule is O=C(/C=C/c1ccccc1[N+](=O)[O-])Nc1cc(Cl)ccc1Cl. The maximum Gasteiger partial charge on any atom is 0.276 e. The number of nitrogens with zero attached hydrogens (tertiary/aromatic N) is 1. The molecule has 7 heteroatoms. The van der Waals surface area contributed by atoms with Crippen molar-refractivity contribution in [3.05, 3.63) is 74.3 Å². The molecule has 1 amide bonds. The topological polar surface area (TPSA) is 72.2 Å². The molecule has 2 aromatic carbocycles. The summed E-state index contributed by atoms with van der Waals surface area (Å²) in [5.74, 6) is -0.470. The molecule has 5 nitrogen and oxygen atoms in total. The molecule has 0 radical (unpaired) electrons. The third kappa shape index (κ3) is 4.07. The lowest BCUT2D eigenvalue weighted by Gasteiger charge is -2.05. The van der Waals surface area contributed by atoms with Crippen molar-refractivity contribution in [2.45, 2.75) is 0 Å². The summed E-state index contributed by atoms with van der Waals surface area (Å²) in [4.78, 5) is 22.2. The lowest BCUT2D eigenvalue weighted by Crippen LogP contribution is -2.08. The van der Waals surface area contributed by atoms with Crippen molar-refractivity contribution in [1.82, 2.24) is 0 Å². The summed E-state index contributed by atoms with van der Waals surface area (Å²) >= 11 is 11.8. The van der Waals surface area contributed by atoms with Gasteiger partial charge in [0.2, 0.25) is 5.91 Å². The average molecular weight is 337 g/mol. The number of hydrogen-bond acceptors (Lipinski definition) is 3. The van der Waals surface area contributed by atoms with Gasteiger partial charge in [0.25, 0.3) is 5.69 Å². The average Bonchev–Trinajstić information content (AvgIpc) is 2.49. The molecule has 0 saturated carbocycles. The molecule has 0 bridgehead atoms. The molecular formula is C15H10Cl2N2O3. The van der Waals surface area contributed by atoms with E-state index in [-0.39, 0.29) is 5.69 Å². The van der Waals surface area contributed by atoms with Crippen LogP contribution in [-0.4, -0.2) is 10.8 Å². The van der Waals surface area contributed by atoms with Gasteiger partial charge in [-0.1, -0.05) is 35.3 Å². The fraction of sp³-hybridized carbons (Fsp3) is 0. The molecule has 2 rings (SSSR count). The van der Waals surface area contributed by atoms with Gasteiger partial charge in [0, 0.05) is 17.2 Å². The van der Waals surface area contributed by atoms with Crippen LogP contribution in [0.15, 0.2) is 48.5 Å². The largest absolute Gasteiger partial charge is 0.321 e. The van der Waals surface area contributed by atoms with E-state index in [0.29, 0.717) is 21.3 Å². The monoisotopic (exact) mass is 336 g/mol. The summed E-state index contributed by atoms with van der Waals surface area (Å²) in [6.07, 6.45) is 2.56. The summed E-state index contributed by atoms with van der Waals surface area (Å²) in [7, 11) is 0. The van der Waals surface area contributed by atoms with Gasteiger partial charge in [-0.15, -0.1) is 0 Å². The first-order valence-corrected chi connectivity index (χ1v) is 6.90. The van der Waals surface area contributed by atoms with Gasteiger partial charge in [-0.05, 0) is 30.3 Å². The number of carbonyl (C=O) groups excluding carboxylic acids is 1. The van der Waals surface area contributed by atoms with Crippen molar-refractivity contribution in [3.8, 4) is 0 Å². The molecule has 0 unspecified atom stereocenters. The van der Waals surface area contributed by atoms with E-state index in [2.05, 4.69) is 5.32 Å². The number of benzene rings is 2. The second kappa shape index (κ2) is 7.06. The van der Waals surface area contributed by atoms with Crippen LogP contribution < -0.4 is 5.32 Å². The predicted molar refractivity (Wildman–Crippen MR) is 87.2 cm³/mol.